The minimum atomic E-state index is -0.318. The van der Waals surface area contributed by atoms with E-state index in [9.17, 15) is 4.79 Å². The van der Waals surface area contributed by atoms with E-state index in [1.165, 1.54) is 0 Å². The molecule has 0 aliphatic heterocycles. The van der Waals surface area contributed by atoms with E-state index >= 15 is 0 Å². The summed E-state index contributed by atoms with van der Waals surface area (Å²) in [4.78, 5) is 17.3. The number of furan rings is 1. The van der Waals surface area contributed by atoms with E-state index in [-0.39, 0.29) is 11.7 Å². The van der Waals surface area contributed by atoms with Crippen molar-refractivity contribution < 1.29 is 13.6 Å². The predicted molar refractivity (Wildman–Crippen MR) is 135 cm³/mol. The molecule has 1 N–H and O–H groups in total. The summed E-state index contributed by atoms with van der Waals surface area (Å²) in [5.41, 5.74) is 7.47. The zero-order chi connectivity index (χ0) is 23.8. The number of hydrogen-bond acceptors (Lipinski definition) is 4. The quantitative estimate of drug-likeness (QED) is 0.288. The molecule has 0 fully saturated rings. The van der Waals surface area contributed by atoms with Crippen LogP contribution in [-0.2, 0) is 6.42 Å². The standard InChI is InChI=1S/C28H23ClN2O3/c1-16-12-18(3)27-23(13-16)31-26(34-27)14-19-5-8-21(9-6-19)30-28(32)25-11-10-24(33-25)20-7-4-17(2)22(29)15-20/h4-13,15H,14H2,1-3H3,(H,30,32). The number of hydrogen-bond donors (Lipinski definition) is 1. The Morgan fingerprint density at radius 1 is 0.912 bits per heavy atom. The smallest absolute Gasteiger partial charge is 0.291 e. The highest BCUT2D eigenvalue weighted by atomic mass is 35.5. The molecule has 0 radical (unpaired) electrons. The van der Waals surface area contributed by atoms with Crippen LogP contribution in [0.15, 0.2) is 75.6 Å². The summed E-state index contributed by atoms with van der Waals surface area (Å²) in [7, 11) is 0. The van der Waals surface area contributed by atoms with Gasteiger partial charge in [0.25, 0.3) is 5.91 Å². The molecule has 170 valence electrons. The Morgan fingerprint density at radius 3 is 2.47 bits per heavy atom. The van der Waals surface area contributed by atoms with Gasteiger partial charge in [-0.25, -0.2) is 4.98 Å². The first-order valence-electron chi connectivity index (χ1n) is 11.0. The minimum absolute atomic E-state index is 0.230. The highest BCUT2D eigenvalue weighted by Crippen LogP contribution is 2.27. The second-order valence-electron chi connectivity index (χ2n) is 8.49. The van der Waals surface area contributed by atoms with Crippen LogP contribution < -0.4 is 5.32 Å². The Labute approximate surface area is 202 Å². The zero-order valence-electron chi connectivity index (χ0n) is 19.1. The maximum absolute atomic E-state index is 12.7. The fourth-order valence-electron chi connectivity index (χ4n) is 3.93. The lowest BCUT2D eigenvalue weighted by Crippen LogP contribution is -2.10. The van der Waals surface area contributed by atoms with Crippen molar-refractivity contribution >= 4 is 34.3 Å². The van der Waals surface area contributed by atoms with Crippen LogP contribution in [0.1, 0.15) is 38.7 Å². The van der Waals surface area contributed by atoms with Crippen molar-refractivity contribution in [3.63, 3.8) is 0 Å². The Balaban J connectivity index is 1.26. The second kappa shape index (κ2) is 8.84. The Kier molecular flexibility index (Phi) is 5.72. The lowest BCUT2D eigenvalue weighted by molar-refractivity contribution is 0.0997. The number of benzene rings is 3. The highest BCUT2D eigenvalue weighted by Gasteiger charge is 2.14. The van der Waals surface area contributed by atoms with Gasteiger partial charge in [-0.05, 0) is 79.4 Å². The van der Waals surface area contributed by atoms with Gasteiger partial charge in [0.15, 0.2) is 17.2 Å². The molecule has 2 heterocycles. The van der Waals surface area contributed by atoms with E-state index in [1.54, 1.807) is 12.1 Å². The summed E-state index contributed by atoms with van der Waals surface area (Å²) >= 11 is 6.21. The average Bonchev–Trinajstić information content (AvgIpc) is 3.44. The predicted octanol–water partition coefficient (Wildman–Crippen LogP) is 7.51. The number of oxazole rings is 1. The molecule has 0 atom stereocenters. The fourth-order valence-corrected chi connectivity index (χ4v) is 4.11. The third-order valence-corrected chi connectivity index (χ3v) is 6.12. The molecule has 34 heavy (non-hydrogen) atoms. The normalized spacial score (nSPS) is 11.2. The van der Waals surface area contributed by atoms with Crippen LogP contribution in [0.4, 0.5) is 5.69 Å². The molecule has 0 aliphatic carbocycles. The molecule has 2 aromatic heterocycles. The van der Waals surface area contributed by atoms with Crippen LogP contribution in [0.3, 0.4) is 0 Å². The number of carbonyl (C=O) groups is 1. The molecular formula is C28H23ClN2O3. The first-order chi connectivity index (χ1) is 16.4. The molecule has 3 aromatic carbocycles. The summed E-state index contributed by atoms with van der Waals surface area (Å²) < 4.78 is 11.7. The molecule has 1 amide bonds. The molecule has 0 unspecified atom stereocenters. The molecular weight excluding hydrogens is 448 g/mol. The summed E-state index contributed by atoms with van der Waals surface area (Å²) in [5.74, 6) is 1.17. The van der Waals surface area contributed by atoms with Gasteiger partial charge >= 0.3 is 0 Å². The van der Waals surface area contributed by atoms with Crippen LogP contribution in [0.2, 0.25) is 5.02 Å². The Hall–Kier alpha value is -3.83. The van der Waals surface area contributed by atoms with E-state index in [1.807, 2.05) is 62.4 Å². The van der Waals surface area contributed by atoms with Crippen molar-refractivity contribution in [1.82, 2.24) is 4.98 Å². The maximum atomic E-state index is 12.7. The molecule has 0 spiro atoms. The molecule has 5 nitrogen and oxygen atoms in total. The largest absolute Gasteiger partial charge is 0.451 e. The summed E-state index contributed by atoms with van der Waals surface area (Å²) in [6.07, 6.45) is 0.571. The third-order valence-electron chi connectivity index (χ3n) is 5.72. The second-order valence-corrected chi connectivity index (χ2v) is 8.90. The van der Waals surface area contributed by atoms with Crippen molar-refractivity contribution in [3.8, 4) is 11.3 Å². The van der Waals surface area contributed by atoms with Crippen molar-refractivity contribution in [2.24, 2.45) is 0 Å². The number of halogens is 1. The molecule has 0 saturated heterocycles. The first-order valence-corrected chi connectivity index (χ1v) is 11.4. The average molecular weight is 471 g/mol. The highest BCUT2D eigenvalue weighted by molar-refractivity contribution is 6.31. The number of aromatic nitrogens is 1. The Bertz CT molecular complexity index is 1510. The zero-order valence-corrected chi connectivity index (χ0v) is 19.9. The lowest BCUT2D eigenvalue weighted by atomic mass is 10.1. The van der Waals surface area contributed by atoms with Crippen molar-refractivity contribution in [1.29, 1.82) is 0 Å². The minimum Gasteiger partial charge on any atom is -0.451 e. The van der Waals surface area contributed by atoms with Crippen molar-refractivity contribution in [2.45, 2.75) is 27.2 Å². The number of nitrogens with one attached hydrogen (secondary N) is 1. The van der Waals surface area contributed by atoms with Crippen LogP contribution in [0.25, 0.3) is 22.4 Å². The number of aryl methyl sites for hydroxylation is 3. The van der Waals surface area contributed by atoms with Gasteiger partial charge in [-0.2, -0.15) is 0 Å². The SMILES string of the molecule is Cc1cc(C)c2oc(Cc3ccc(NC(=O)c4ccc(-c5ccc(C)c(Cl)c5)o4)cc3)nc2c1. The fraction of sp³-hybridized carbons (Fsp3) is 0.143. The van der Waals surface area contributed by atoms with Crippen molar-refractivity contribution in [3.05, 3.63) is 106 Å². The van der Waals surface area contributed by atoms with Gasteiger partial charge in [0.05, 0.1) is 0 Å². The Morgan fingerprint density at radius 2 is 1.71 bits per heavy atom. The molecule has 0 aliphatic rings. The molecule has 0 bridgehead atoms. The van der Waals surface area contributed by atoms with E-state index in [0.717, 1.165) is 38.9 Å². The first kappa shape index (κ1) is 22.0. The maximum Gasteiger partial charge on any atom is 0.291 e. The van der Waals surface area contributed by atoms with Gasteiger partial charge in [-0.1, -0.05) is 41.9 Å². The van der Waals surface area contributed by atoms with Crippen LogP contribution in [0.5, 0.6) is 0 Å². The van der Waals surface area contributed by atoms with Gasteiger partial charge in [0, 0.05) is 22.7 Å². The lowest BCUT2D eigenvalue weighted by Gasteiger charge is -2.05. The number of anilines is 1. The van der Waals surface area contributed by atoms with Gasteiger partial charge in [-0.3, -0.25) is 4.79 Å². The van der Waals surface area contributed by atoms with Gasteiger partial charge < -0.3 is 14.2 Å². The monoisotopic (exact) mass is 470 g/mol. The number of amides is 1. The molecule has 6 heteroatoms. The van der Waals surface area contributed by atoms with Gasteiger partial charge in [-0.15, -0.1) is 0 Å². The van der Waals surface area contributed by atoms with Gasteiger partial charge in [0.1, 0.15) is 11.3 Å². The molecule has 5 aromatic rings. The van der Waals surface area contributed by atoms with Crippen LogP contribution in [-0.4, -0.2) is 10.9 Å². The summed E-state index contributed by atoms with van der Waals surface area (Å²) in [6.45, 7) is 6.02. The van der Waals surface area contributed by atoms with Crippen LogP contribution >= 0.6 is 11.6 Å². The third kappa shape index (κ3) is 4.47. The van der Waals surface area contributed by atoms with E-state index in [4.69, 9.17) is 20.4 Å². The number of rotatable bonds is 5. The molecule has 0 saturated carbocycles. The summed E-state index contributed by atoms with van der Waals surface area (Å²) in [6, 6.07) is 20.8. The van der Waals surface area contributed by atoms with E-state index < -0.39 is 0 Å². The number of nitrogens with zero attached hydrogens (tertiary/aromatic N) is 1. The topological polar surface area (TPSA) is 68.3 Å². The van der Waals surface area contributed by atoms with E-state index in [0.29, 0.717) is 28.8 Å². The summed E-state index contributed by atoms with van der Waals surface area (Å²) in [5, 5.41) is 3.53. The number of carbonyl (C=O) groups excluding carboxylic acids is 1. The number of fused-ring (bicyclic) bond motifs is 1. The molecule has 5 rings (SSSR count). The van der Waals surface area contributed by atoms with Crippen LogP contribution in [0, 0.1) is 20.8 Å². The van der Waals surface area contributed by atoms with Gasteiger partial charge in [0.2, 0.25) is 0 Å². The van der Waals surface area contributed by atoms with Crippen molar-refractivity contribution in [2.75, 3.05) is 5.32 Å². The van der Waals surface area contributed by atoms with E-state index in [2.05, 4.69) is 23.3 Å².